The molecule has 1 aromatic carbocycles. The number of aromatic nitrogens is 1. The summed E-state index contributed by atoms with van der Waals surface area (Å²) in [5, 5.41) is 2.58. The first-order valence-electron chi connectivity index (χ1n) is 13.4. The van der Waals surface area contributed by atoms with E-state index >= 15 is 0 Å². The lowest BCUT2D eigenvalue weighted by Gasteiger charge is -2.48. The molecule has 12 heteroatoms. The SMILES string of the molecule is CC(C)CS(=O)(=O)N1CC[C@@H]2Oc3ccc(-c4cccnc4F)cc3[C@@]3(COC(NC(=O)OC(C)(C)C)=N3)[C@H]2C1. The number of benzene rings is 1. The van der Waals surface area contributed by atoms with E-state index < -0.39 is 39.1 Å². The number of ether oxygens (including phenoxy) is 3. The van der Waals surface area contributed by atoms with Gasteiger partial charge in [0.05, 0.1) is 5.75 Å². The minimum absolute atomic E-state index is 0.0269. The van der Waals surface area contributed by atoms with Crippen molar-refractivity contribution in [3.8, 4) is 16.9 Å². The molecule has 1 spiro atoms. The molecule has 0 radical (unpaired) electrons. The third-order valence-electron chi connectivity index (χ3n) is 7.20. The van der Waals surface area contributed by atoms with E-state index in [4.69, 9.17) is 19.2 Å². The molecule has 0 bridgehead atoms. The molecule has 2 aromatic rings. The Morgan fingerprint density at radius 3 is 2.77 bits per heavy atom. The van der Waals surface area contributed by atoms with E-state index in [2.05, 4.69) is 10.3 Å². The summed E-state index contributed by atoms with van der Waals surface area (Å²) >= 11 is 0. The number of pyridine rings is 1. The third-order valence-corrected chi connectivity index (χ3v) is 9.40. The maximum absolute atomic E-state index is 14.6. The van der Waals surface area contributed by atoms with Gasteiger partial charge < -0.3 is 14.2 Å². The van der Waals surface area contributed by atoms with Crippen LogP contribution in [0.15, 0.2) is 41.5 Å². The van der Waals surface area contributed by atoms with Gasteiger partial charge in [-0.2, -0.15) is 4.39 Å². The highest BCUT2D eigenvalue weighted by Gasteiger charge is 2.57. The fraction of sp³-hybridized carbons (Fsp3) is 0.536. The molecule has 1 fully saturated rings. The quantitative estimate of drug-likeness (QED) is 0.547. The number of amidine groups is 1. The normalized spacial score (nSPS) is 24.5. The lowest BCUT2D eigenvalue weighted by Crippen LogP contribution is -2.58. The highest BCUT2D eigenvalue weighted by Crippen LogP contribution is 2.51. The summed E-state index contributed by atoms with van der Waals surface area (Å²) in [6.45, 7) is 9.51. The van der Waals surface area contributed by atoms with Crippen LogP contribution in [0, 0.1) is 17.8 Å². The second kappa shape index (κ2) is 10.3. The van der Waals surface area contributed by atoms with Crippen molar-refractivity contribution < 1.29 is 31.8 Å². The van der Waals surface area contributed by atoms with Gasteiger partial charge in [0.25, 0.3) is 6.02 Å². The van der Waals surface area contributed by atoms with E-state index in [1.54, 1.807) is 51.1 Å². The Bertz CT molecular complexity index is 1440. The number of nitrogens with one attached hydrogen (secondary N) is 1. The van der Waals surface area contributed by atoms with Crippen LogP contribution in [0.3, 0.4) is 0 Å². The Morgan fingerprint density at radius 1 is 1.30 bits per heavy atom. The summed E-state index contributed by atoms with van der Waals surface area (Å²) in [5.74, 6) is -0.492. The predicted molar refractivity (Wildman–Crippen MR) is 147 cm³/mol. The maximum Gasteiger partial charge on any atom is 0.415 e. The number of hydrogen-bond donors (Lipinski definition) is 1. The van der Waals surface area contributed by atoms with Crippen molar-refractivity contribution in [1.29, 1.82) is 0 Å². The van der Waals surface area contributed by atoms with Crippen molar-refractivity contribution >= 4 is 22.1 Å². The first-order valence-corrected chi connectivity index (χ1v) is 15.0. The average Bonchev–Trinajstić information content (AvgIpc) is 3.26. The molecule has 4 heterocycles. The maximum atomic E-state index is 14.6. The van der Waals surface area contributed by atoms with Gasteiger partial charge >= 0.3 is 6.09 Å². The first kappa shape index (κ1) is 28.3. The summed E-state index contributed by atoms with van der Waals surface area (Å²) in [6, 6.07) is 8.57. The Morgan fingerprint density at radius 2 is 2.08 bits per heavy atom. The zero-order valence-corrected chi connectivity index (χ0v) is 24.1. The summed E-state index contributed by atoms with van der Waals surface area (Å²) in [7, 11) is -3.53. The number of carbonyl (C=O) groups excluding carboxylic acids is 1. The molecule has 3 aliphatic rings. The van der Waals surface area contributed by atoms with Crippen LogP contribution < -0.4 is 10.1 Å². The van der Waals surface area contributed by atoms with Crippen LogP contribution in [0.25, 0.3) is 11.1 Å². The van der Waals surface area contributed by atoms with Gasteiger partial charge in [-0.05, 0) is 62.9 Å². The molecule has 1 N–H and O–H groups in total. The Balaban J connectivity index is 1.58. The van der Waals surface area contributed by atoms with Crippen molar-refractivity contribution in [3.05, 3.63) is 48.0 Å². The number of nitrogens with zero attached hydrogens (tertiary/aromatic N) is 3. The number of halogens is 1. The number of fused-ring (bicyclic) bond motifs is 4. The number of hydrogen-bond acceptors (Lipinski definition) is 8. The Kier molecular flexibility index (Phi) is 7.28. The molecule has 1 aromatic heterocycles. The molecule has 3 aliphatic heterocycles. The predicted octanol–water partition coefficient (Wildman–Crippen LogP) is 4.06. The number of piperidine rings is 1. The van der Waals surface area contributed by atoms with Crippen molar-refractivity contribution in [1.82, 2.24) is 14.6 Å². The van der Waals surface area contributed by atoms with Gasteiger partial charge in [-0.15, -0.1) is 0 Å². The molecule has 5 rings (SSSR count). The van der Waals surface area contributed by atoms with Gasteiger partial charge in [0.2, 0.25) is 16.0 Å². The fourth-order valence-corrected chi connectivity index (χ4v) is 7.41. The summed E-state index contributed by atoms with van der Waals surface area (Å²) in [4.78, 5) is 21.2. The van der Waals surface area contributed by atoms with Crippen LogP contribution in [-0.4, -0.2) is 67.0 Å². The van der Waals surface area contributed by atoms with Crippen LogP contribution >= 0.6 is 0 Å². The second-order valence-electron chi connectivity index (χ2n) is 11.9. The monoisotopic (exact) mass is 574 g/mol. The molecule has 1 saturated heterocycles. The molecule has 1 amide bonds. The zero-order valence-electron chi connectivity index (χ0n) is 23.3. The molecule has 10 nitrogen and oxygen atoms in total. The van der Waals surface area contributed by atoms with Gasteiger partial charge in [-0.25, -0.2) is 32.8 Å². The Labute approximate surface area is 234 Å². The van der Waals surface area contributed by atoms with Crippen LogP contribution in [0.2, 0.25) is 0 Å². The standard InChI is InChI=1S/C28H35FN4O6S/c1-17(2)15-40(35,36)33-12-10-23-21(14-33)28(16-37-25(32-28)31-26(34)39-27(3,4)5)20-13-18(8-9-22(20)38-23)19-7-6-11-30-24(19)29/h6-9,11,13,17,21,23H,10,12,14-16H2,1-5H3,(H,31,32,34)/t21-,23-,28-/m0/s1. The molecule has 216 valence electrons. The van der Waals surface area contributed by atoms with Gasteiger partial charge in [0, 0.05) is 36.3 Å². The van der Waals surface area contributed by atoms with Gasteiger partial charge in [-0.3, -0.25) is 0 Å². The zero-order chi connectivity index (χ0) is 28.9. The Hall–Kier alpha value is -3.25. The molecule has 0 aliphatic carbocycles. The van der Waals surface area contributed by atoms with E-state index in [0.717, 1.165) is 0 Å². The largest absolute Gasteiger partial charge is 0.490 e. The van der Waals surface area contributed by atoms with E-state index in [0.29, 0.717) is 35.4 Å². The second-order valence-corrected chi connectivity index (χ2v) is 13.9. The molecule has 3 atom stereocenters. The smallest absolute Gasteiger partial charge is 0.415 e. The number of alkyl carbamates (subject to hydrolysis) is 1. The number of aliphatic imine (C=N–C) groups is 1. The highest BCUT2D eigenvalue weighted by atomic mass is 32.2. The number of rotatable bonds is 4. The van der Waals surface area contributed by atoms with Crippen LogP contribution in [0.5, 0.6) is 5.75 Å². The molecule has 40 heavy (non-hydrogen) atoms. The molecule has 0 saturated carbocycles. The minimum atomic E-state index is -3.53. The van der Waals surface area contributed by atoms with Gasteiger partial charge in [0.15, 0.2) is 0 Å². The lowest BCUT2D eigenvalue weighted by molar-refractivity contribution is -0.00367. The molecular weight excluding hydrogens is 539 g/mol. The van der Waals surface area contributed by atoms with E-state index in [9.17, 15) is 17.6 Å². The van der Waals surface area contributed by atoms with Crippen molar-refractivity contribution in [3.63, 3.8) is 0 Å². The van der Waals surface area contributed by atoms with E-state index in [1.807, 2.05) is 13.8 Å². The van der Waals surface area contributed by atoms with Crippen molar-refractivity contribution in [2.24, 2.45) is 16.8 Å². The number of sulfonamides is 1. The van der Waals surface area contributed by atoms with E-state index in [-0.39, 0.29) is 36.9 Å². The van der Waals surface area contributed by atoms with Crippen molar-refractivity contribution in [2.75, 3.05) is 25.4 Å². The number of amides is 1. The molecular formula is C28H35FN4O6S. The van der Waals surface area contributed by atoms with E-state index in [1.165, 1.54) is 10.5 Å². The van der Waals surface area contributed by atoms with Crippen molar-refractivity contribution in [2.45, 2.75) is 58.3 Å². The van der Waals surface area contributed by atoms with Crippen LogP contribution in [0.1, 0.15) is 46.6 Å². The summed E-state index contributed by atoms with van der Waals surface area (Å²) in [6.07, 6.45) is 0.784. The van der Waals surface area contributed by atoms with Gasteiger partial charge in [-0.1, -0.05) is 19.9 Å². The summed E-state index contributed by atoms with van der Waals surface area (Å²) in [5.41, 5.74) is -0.326. The van der Waals surface area contributed by atoms with Crippen LogP contribution in [0.4, 0.5) is 9.18 Å². The highest BCUT2D eigenvalue weighted by molar-refractivity contribution is 7.89. The minimum Gasteiger partial charge on any atom is -0.490 e. The summed E-state index contributed by atoms with van der Waals surface area (Å²) < 4.78 is 60.3. The van der Waals surface area contributed by atoms with Crippen LogP contribution in [-0.2, 0) is 25.0 Å². The first-order chi connectivity index (χ1) is 18.8. The molecule has 0 unspecified atom stereocenters. The topological polar surface area (TPSA) is 119 Å². The fourth-order valence-electron chi connectivity index (χ4n) is 5.59. The van der Waals surface area contributed by atoms with Gasteiger partial charge in [0.1, 0.15) is 29.6 Å². The lowest BCUT2D eigenvalue weighted by atomic mass is 9.71. The number of carbonyl (C=O) groups is 1. The average molecular weight is 575 g/mol. The third kappa shape index (κ3) is 5.51.